The monoisotopic (exact) mass is 266 g/mol. The van der Waals surface area contributed by atoms with Crippen molar-refractivity contribution in [2.75, 3.05) is 23.7 Å². The van der Waals surface area contributed by atoms with Crippen LogP contribution in [0.3, 0.4) is 0 Å². The zero-order valence-electron chi connectivity index (χ0n) is 12.6. The molecule has 5 heteroatoms. The second-order valence-corrected chi connectivity index (χ2v) is 6.05. The van der Waals surface area contributed by atoms with Crippen LogP contribution < -0.4 is 10.6 Å². The fourth-order valence-electron chi connectivity index (χ4n) is 1.90. The van der Waals surface area contributed by atoms with Crippen LogP contribution in [-0.2, 0) is 0 Å². The summed E-state index contributed by atoms with van der Waals surface area (Å²) in [5, 5.41) is 16.2. The highest BCUT2D eigenvalue weighted by Gasteiger charge is 2.16. The molecule has 1 heterocycles. The third-order valence-corrected chi connectivity index (χ3v) is 2.56. The van der Waals surface area contributed by atoms with E-state index in [0.717, 1.165) is 24.5 Å². The first-order valence-corrected chi connectivity index (χ1v) is 6.81. The summed E-state index contributed by atoms with van der Waals surface area (Å²) in [5.41, 5.74) is 1.02. The number of aromatic nitrogens is 2. The molecule has 1 aromatic rings. The van der Waals surface area contributed by atoms with Gasteiger partial charge in [0.25, 0.3) is 0 Å². The normalized spacial score (nSPS) is 13.2. The summed E-state index contributed by atoms with van der Waals surface area (Å²) in [6.45, 7) is 11.6. The molecule has 0 spiro atoms. The lowest BCUT2D eigenvalue weighted by atomic mass is 9.89. The number of anilines is 2. The first-order chi connectivity index (χ1) is 8.80. The van der Waals surface area contributed by atoms with Crippen LogP contribution in [0.4, 0.5) is 11.8 Å². The van der Waals surface area contributed by atoms with Gasteiger partial charge in [-0.25, -0.2) is 4.98 Å². The molecule has 0 saturated heterocycles. The summed E-state index contributed by atoms with van der Waals surface area (Å²) in [6, 6.07) is 1.88. The Balaban J connectivity index is 2.57. The molecule has 5 nitrogen and oxygen atoms in total. The number of aliphatic hydroxyl groups is 1. The standard InChI is InChI=1S/C14H26N4O/c1-6-15-13-17-10(2)7-12(18-13)16-9-11(19)8-14(3,4)5/h7,11,19H,6,8-9H2,1-5H3,(H2,15,16,17,18). The van der Waals surface area contributed by atoms with E-state index >= 15 is 0 Å². The predicted molar refractivity (Wildman–Crippen MR) is 79.5 cm³/mol. The lowest BCUT2D eigenvalue weighted by Gasteiger charge is -2.22. The molecular formula is C14H26N4O. The van der Waals surface area contributed by atoms with Gasteiger partial charge in [-0.15, -0.1) is 0 Å². The lowest BCUT2D eigenvalue weighted by Crippen LogP contribution is -2.25. The van der Waals surface area contributed by atoms with Gasteiger partial charge in [-0.2, -0.15) is 4.98 Å². The minimum Gasteiger partial charge on any atom is -0.391 e. The highest BCUT2D eigenvalue weighted by Crippen LogP contribution is 2.21. The third kappa shape index (κ3) is 6.38. The molecule has 0 aliphatic heterocycles. The zero-order chi connectivity index (χ0) is 14.5. The SMILES string of the molecule is CCNc1nc(C)cc(NCC(O)CC(C)(C)C)n1. The number of nitrogens with zero attached hydrogens (tertiary/aromatic N) is 2. The number of rotatable bonds is 6. The van der Waals surface area contributed by atoms with E-state index in [1.165, 1.54) is 0 Å². The van der Waals surface area contributed by atoms with E-state index in [4.69, 9.17) is 0 Å². The first kappa shape index (κ1) is 15.7. The van der Waals surface area contributed by atoms with Gasteiger partial charge in [0.2, 0.25) is 5.95 Å². The minimum absolute atomic E-state index is 0.123. The predicted octanol–water partition coefficient (Wildman–Crippen LogP) is 2.43. The Hall–Kier alpha value is -1.36. The van der Waals surface area contributed by atoms with E-state index in [1.54, 1.807) is 0 Å². The topological polar surface area (TPSA) is 70.1 Å². The number of nitrogens with one attached hydrogen (secondary N) is 2. The van der Waals surface area contributed by atoms with Crippen molar-refractivity contribution in [3.8, 4) is 0 Å². The second-order valence-electron chi connectivity index (χ2n) is 6.05. The molecule has 19 heavy (non-hydrogen) atoms. The molecule has 3 N–H and O–H groups in total. The van der Waals surface area contributed by atoms with E-state index in [-0.39, 0.29) is 11.5 Å². The van der Waals surface area contributed by atoms with Crippen molar-refractivity contribution in [2.45, 2.75) is 47.1 Å². The Morgan fingerprint density at radius 2 is 1.95 bits per heavy atom. The number of hydrogen-bond acceptors (Lipinski definition) is 5. The summed E-state index contributed by atoms with van der Waals surface area (Å²) >= 11 is 0. The van der Waals surface area contributed by atoms with Gasteiger partial charge in [0.15, 0.2) is 0 Å². The van der Waals surface area contributed by atoms with Crippen LogP contribution >= 0.6 is 0 Å². The van der Waals surface area contributed by atoms with Gasteiger partial charge in [0.1, 0.15) is 5.82 Å². The molecule has 0 amide bonds. The minimum atomic E-state index is -0.377. The largest absolute Gasteiger partial charge is 0.391 e. The molecular weight excluding hydrogens is 240 g/mol. The Labute approximate surface area is 115 Å². The van der Waals surface area contributed by atoms with Crippen LogP contribution in [-0.4, -0.2) is 34.3 Å². The van der Waals surface area contributed by atoms with E-state index in [2.05, 4.69) is 41.4 Å². The fraction of sp³-hybridized carbons (Fsp3) is 0.714. The van der Waals surface area contributed by atoms with Crippen LogP contribution in [0.2, 0.25) is 0 Å². The maximum atomic E-state index is 9.97. The van der Waals surface area contributed by atoms with Gasteiger partial charge in [-0.3, -0.25) is 0 Å². The molecule has 0 aliphatic rings. The molecule has 1 atom stereocenters. The van der Waals surface area contributed by atoms with E-state index in [0.29, 0.717) is 12.5 Å². The van der Waals surface area contributed by atoms with E-state index < -0.39 is 0 Å². The van der Waals surface area contributed by atoms with Gasteiger partial charge in [0, 0.05) is 24.8 Å². The summed E-state index contributed by atoms with van der Waals surface area (Å²) in [5.74, 6) is 1.37. The molecule has 0 saturated carbocycles. The van der Waals surface area contributed by atoms with Crippen LogP contribution in [0.25, 0.3) is 0 Å². The molecule has 0 aliphatic carbocycles. The maximum absolute atomic E-state index is 9.97. The van der Waals surface area contributed by atoms with Crippen LogP contribution in [0, 0.1) is 12.3 Å². The van der Waals surface area contributed by atoms with Crippen molar-refractivity contribution < 1.29 is 5.11 Å². The molecule has 1 unspecified atom stereocenters. The van der Waals surface area contributed by atoms with Crippen molar-refractivity contribution in [1.29, 1.82) is 0 Å². The van der Waals surface area contributed by atoms with Gasteiger partial charge < -0.3 is 15.7 Å². The Morgan fingerprint density at radius 1 is 1.26 bits per heavy atom. The average molecular weight is 266 g/mol. The average Bonchev–Trinajstić information content (AvgIpc) is 2.24. The summed E-state index contributed by atoms with van der Waals surface area (Å²) < 4.78 is 0. The zero-order valence-corrected chi connectivity index (χ0v) is 12.6. The Morgan fingerprint density at radius 3 is 2.53 bits per heavy atom. The molecule has 1 rings (SSSR count). The third-order valence-electron chi connectivity index (χ3n) is 2.56. The van der Waals surface area contributed by atoms with E-state index in [9.17, 15) is 5.11 Å². The van der Waals surface area contributed by atoms with Crippen LogP contribution in [0.15, 0.2) is 6.07 Å². The first-order valence-electron chi connectivity index (χ1n) is 6.81. The highest BCUT2D eigenvalue weighted by molar-refractivity contribution is 5.42. The molecule has 108 valence electrons. The molecule has 0 bridgehead atoms. The van der Waals surface area contributed by atoms with Gasteiger partial charge in [0.05, 0.1) is 6.10 Å². The van der Waals surface area contributed by atoms with Crippen molar-refractivity contribution in [3.63, 3.8) is 0 Å². The lowest BCUT2D eigenvalue weighted by molar-refractivity contribution is 0.132. The van der Waals surface area contributed by atoms with Crippen LogP contribution in [0.1, 0.15) is 39.8 Å². The Kier molecular flexibility index (Phi) is 5.54. The number of hydrogen-bond donors (Lipinski definition) is 3. The van der Waals surface area contributed by atoms with Gasteiger partial charge in [-0.1, -0.05) is 20.8 Å². The van der Waals surface area contributed by atoms with Gasteiger partial charge >= 0.3 is 0 Å². The van der Waals surface area contributed by atoms with E-state index in [1.807, 2.05) is 19.9 Å². The summed E-state index contributed by atoms with van der Waals surface area (Å²) in [4.78, 5) is 8.63. The molecule has 0 aromatic carbocycles. The smallest absolute Gasteiger partial charge is 0.224 e. The van der Waals surface area contributed by atoms with Crippen molar-refractivity contribution in [1.82, 2.24) is 9.97 Å². The van der Waals surface area contributed by atoms with Gasteiger partial charge in [-0.05, 0) is 25.7 Å². The van der Waals surface area contributed by atoms with Crippen LogP contribution in [0.5, 0.6) is 0 Å². The summed E-state index contributed by atoms with van der Waals surface area (Å²) in [6.07, 6.45) is 0.377. The highest BCUT2D eigenvalue weighted by atomic mass is 16.3. The molecule has 0 fully saturated rings. The molecule has 1 aromatic heterocycles. The quantitative estimate of drug-likeness (QED) is 0.737. The van der Waals surface area contributed by atoms with Crippen molar-refractivity contribution in [3.05, 3.63) is 11.8 Å². The van der Waals surface area contributed by atoms with Crippen molar-refractivity contribution in [2.24, 2.45) is 5.41 Å². The fourth-order valence-corrected chi connectivity index (χ4v) is 1.90. The molecule has 0 radical (unpaired) electrons. The number of aryl methyl sites for hydroxylation is 1. The maximum Gasteiger partial charge on any atom is 0.224 e. The van der Waals surface area contributed by atoms with Crippen molar-refractivity contribution >= 4 is 11.8 Å². The summed E-state index contributed by atoms with van der Waals surface area (Å²) in [7, 11) is 0. The number of aliphatic hydroxyl groups excluding tert-OH is 1. The second kappa shape index (κ2) is 6.70. The Bertz CT molecular complexity index is 401.